The number of hydrogen-bond acceptors (Lipinski definition) is 4. The molecule has 0 aliphatic carbocycles. The van der Waals surface area contributed by atoms with Gasteiger partial charge in [-0.25, -0.2) is 0 Å². The number of aromatic nitrogens is 2. The predicted octanol–water partition coefficient (Wildman–Crippen LogP) is 3.12. The Morgan fingerprint density at radius 2 is 2.09 bits per heavy atom. The van der Waals surface area contributed by atoms with Crippen molar-refractivity contribution in [3.63, 3.8) is 0 Å². The Labute approximate surface area is 140 Å². The Kier molecular flexibility index (Phi) is 3.93. The maximum absolute atomic E-state index is 11.0. The van der Waals surface area contributed by atoms with E-state index in [4.69, 9.17) is 0 Å². The molecule has 1 fully saturated rings. The largest absolute Gasteiger partial charge is 0.388 e. The summed E-state index contributed by atoms with van der Waals surface area (Å²) in [5.74, 6) is 0. The van der Waals surface area contributed by atoms with Crippen LogP contribution in [0.4, 0.5) is 0 Å². The van der Waals surface area contributed by atoms with Crippen molar-refractivity contribution in [1.82, 2.24) is 14.5 Å². The molecule has 23 heavy (non-hydrogen) atoms. The molecule has 0 amide bonds. The molecule has 120 valence electrons. The third-order valence-corrected chi connectivity index (χ3v) is 5.55. The number of aliphatic hydroxyl groups is 1. The van der Waals surface area contributed by atoms with E-state index in [2.05, 4.69) is 43.5 Å². The zero-order valence-electron chi connectivity index (χ0n) is 13.1. The molecule has 4 heterocycles. The Hall–Kier alpha value is -1.69. The molecule has 0 aromatic carbocycles. The fraction of sp³-hybridized carbons (Fsp3) is 0.389. The van der Waals surface area contributed by atoms with Crippen molar-refractivity contribution in [3.8, 4) is 0 Å². The highest BCUT2D eigenvalue weighted by Crippen LogP contribution is 2.27. The number of thiophene rings is 1. The molecule has 0 radical (unpaired) electrons. The molecule has 0 atom stereocenters. The Balaban J connectivity index is 1.42. The molecule has 0 saturated carbocycles. The molecule has 0 bridgehead atoms. The molecule has 4 rings (SSSR count). The van der Waals surface area contributed by atoms with Crippen LogP contribution < -0.4 is 0 Å². The summed E-state index contributed by atoms with van der Waals surface area (Å²) in [6, 6.07) is 6.29. The van der Waals surface area contributed by atoms with Crippen LogP contribution in [0.2, 0.25) is 0 Å². The summed E-state index contributed by atoms with van der Waals surface area (Å²) in [4.78, 5) is 6.64. The molecule has 4 nitrogen and oxygen atoms in total. The Bertz CT molecular complexity index is 773. The maximum Gasteiger partial charge on any atom is 0.0850 e. The van der Waals surface area contributed by atoms with Gasteiger partial charge in [-0.15, -0.1) is 0 Å². The van der Waals surface area contributed by atoms with Gasteiger partial charge in [0.15, 0.2) is 0 Å². The lowest BCUT2D eigenvalue weighted by molar-refractivity contribution is -0.0349. The van der Waals surface area contributed by atoms with Crippen molar-refractivity contribution in [2.24, 2.45) is 0 Å². The molecule has 0 unspecified atom stereocenters. The minimum atomic E-state index is -0.618. The standard InChI is InChI=1S/C18H21N3OS/c22-18(14-21-7-2-16-1-6-19-11-17(16)21)4-8-20(9-5-18)12-15-3-10-23-13-15/h1-3,6-7,10-11,13,22H,4-5,8-9,12,14H2. The van der Waals surface area contributed by atoms with Gasteiger partial charge >= 0.3 is 0 Å². The molecule has 1 saturated heterocycles. The van der Waals surface area contributed by atoms with Crippen molar-refractivity contribution in [3.05, 3.63) is 53.1 Å². The van der Waals surface area contributed by atoms with Gasteiger partial charge < -0.3 is 9.67 Å². The lowest BCUT2D eigenvalue weighted by Crippen LogP contribution is -2.46. The monoisotopic (exact) mass is 327 g/mol. The Morgan fingerprint density at radius 3 is 2.87 bits per heavy atom. The number of rotatable bonds is 4. The number of fused-ring (bicyclic) bond motifs is 1. The first-order valence-electron chi connectivity index (χ1n) is 8.07. The van der Waals surface area contributed by atoms with Gasteiger partial charge in [0, 0.05) is 37.4 Å². The smallest absolute Gasteiger partial charge is 0.0850 e. The second kappa shape index (κ2) is 6.07. The quantitative estimate of drug-likeness (QED) is 0.800. The van der Waals surface area contributed by atoms with E-state index in [0.29, 0.717) is 6.54 Å². The van der Waals surface area contributed by atoms with Crippen LogP contribution >= 0.6 is 11.3 Å². The molecule has 3 aromatic heterocycles. The molecule has 1 N–H and O–H groups in total. The van der Waals surface area contributed by atoms with Crippen molar-refractivity contribution in [2.75, 3.05) is 13.1 Å². The van der Waals surface area contributed by atoms with E-state index in [0.717, 1.165) is 38.0 Å². The number of pyridine rings is 1. The highest BCUT2D eigenvalue weighted by molar-refractivity contribution is 7.07. The minimum Gasteiger partial charge on any atom is -0.388 e. The second-order valence-corrected chi connectivity index (χ2v) is 7.29. The molecule has 1 aliphatic rings. The second-order valence-electron chi connectivity index (χ2n) is 6.51. The van der Waals surface area contributed by atoms with E-state index < -0.39 is 5.60 Å². The summed E-state index contributed by atoms with van der Waals surface area (Å²) < 4.78 is 2.14. The zero-order valence-corrected chi connectivity index (χ0v) is 13.9. The van der Waals surface area contributed by atoms with Crippen LogP contribution in [0.3, 0.4) is 0 Å². The summed E-state index contributed by atoms with van der Waals surface area (Å²) >= 11 is 1.75. The van der Waals surface area contributed by atoms with E-state index in [9.17, 15) is 5.11 Å². The van der Waals surface area contributed by atoms with Gasteiger partial charge in [0.2, 0.25) is 0 Å². The number of hydrogen-bond donors (Lipinski definition) is 1. The summed E-state index contributed by atoms with van der Waals surface area (Å²) in [7, 11) is 0. The average molecular weight is 327 g/mol. The lowest BCUT2D eigenvalue weighted by Gasteiger charge is -2.38. The van der Waals surface area contributed by atoms with Gasteiger partial charge in [-0.3, -0.25) is 9.88 Å². The van der Waals surface area contributed by atoms with E-state index in [1.165, 1.54) is 10.9 Å². The molecule has 5 heteroatoms. The highest BCUT2D eigenvalue weighted by atomic mass is 32.1. The summed E-state index contributed by atoms with van der Waals surface area (Å²) in [5.41, 5.74) is 1.86. The van der Waals surface area contributed by atoms with Crippen molar-refractivity contribution < 1.29 is 5.11 Å². The van der Waals surface area contributed by atoms with Crippen LogP contribution in [-0.4, -0.2) is 38.2 Å². The fourth-order valence-electron chi connectivity index (χ4n) is 3.41. The Morgan fingerprint density at radius 1 is 1.22 bits per heavy atom. The van der Waals surface area contributed by atoms with Crippen molar-refractivity contribution >= 4 is 22.2 Å². The summed E-state index contributed by atoms with van der Waals surface area (Å²) in [6.45, 7) is 3.54. The molecule has 0 spiro atoms. The van der Waals surface area contributed by atoms with Crippen molar-refractivity contribution in [1.29, 1.82) is 0 Å². The van der Waals surface area contributed by atoms with E-state index in [1.807, 2.05) is 18.5 Å². The summed E-state index contributed by atoms with van der Waals surface area (Å²) in [6.07, 6.45) is 7.38. The fourth-order valence-corrected chi connectivity index (χ4v) is 4.07. The van der Waals surface area contributed by atoms with Crippen LogP contribution in [0, 0.1) is 0 Å². The van der Waals surface area contributed by atoms with Crippen LogP contribution in [0.25, 0.3) is 10.9 Å². The average Bonchev–Trinajstić information content (AvgIpc) is 3.20. The van der Waals surface area contributed by atoms with Gasteiger partial charge in [-0.2, -0.15) is 11.3 Å². The van der Waals surface area contributed by atoms with Crippen LogP contribution in [0.5, 0.6) is 0 Å². The van der Waals surface area contributed by atoms with Gasteiger partial charge in [0.25, 0.3) is 0 Å². The summed E-state index contributed by atoms with van der Waals surface area (Å²) in [5, 5.41) is 16.5. The van der Waals surface area contributed by atoms with Gasteiger partial charge in [0.05, 0.1) is 23.9 Å². The molecule has 1 aliphatic heterocycles. The topological polar surface area (TPSA) is 41.3 Å². The van der Waals surface area contributed by atoms with Gasteiger partial charge in [0.1, 0.15) is 0 Å². The predicted molar refractivity (Wildman–Crippen MR) is 93.5 cm³/mol. The van der Waals surface area contributed by atoms with Crippen molar-refractivity contribution in [2.45, 2.75) is 31.5 Å². The first-order valence-corrected chi connectivity index (χ1v) is 9.01. The normalized spacial score (nSPS) is 18.5. The number of likely N-dealkylation sites (tertiary alicyclic amines) is 1. The zero-order chi connectivity index (χ0) is 15.7. The lowest BCUT2D eigenvalue weighted by atomic mass is 9.91. The first-order chi connectivity index (χ1) is 11.2. The van der Waals surface area contributed by atoms with Gasteiger partial charge in [-0.1, -0.05) is 0 Å². The molecule has 3 aromatic rings. The van der Waals surface area contributed by atoms with Crippen LogP contribution in [0.1, 0.15) is 18.4 Å². The van der Waals surface area contributed by atoms with Gasteiger partial charge in [-0.05, 0) is 47.4 Å². The SMILES string of the molecule is OC1(Cn2ccc3ccncc32)CCN(Cc2ccsc2)CC1. The minimum absolute atomic E-state index is 0.618. The number of nitrogens with zero attached hydrogens (tertiary/aromatic N) is 3. The molecular weight excluding hydrogens is 306 g/mol. The number of piperidine rings is 1. The maximum atomic E-state index is 11.0. The van der Waals surface area contributed by atoms with Crippen LogP contribution in [0.15, 0.2) is 47.5 Å². The van der Waals surface area contributed by atoms with E-state index in [-0.39, 0.29) is 0 Å². The first kappa shape index (κ1) is 14.9. The van der Waals surface area contributed by atoms with E-state index >= 15 is 0 Å². The third kappa shape index (κ3) is 3.17. The van der Waals surface area contributed by atoms with Crippen LogP contribution in [-0.2, 0) is 13.1 Å². The highest BCUT2D eigenvalue weighted by Gasteiger charge is 2.32. The third-order valence-electron chi connectivity index (χ3n) is 4.81. The van der Waals surface area contributed by atoms with E-state index in [1.54, 1.807) is 11.3 Å². The molecular formula is C18H21N3OS.